The van der Waals surface area contributed by atoms with Crippen molar-refractivity contribution in [2.45, 2.75) is 37.1 Å². The molecule has 0 radical (unpaired) electrons. The summed E-state index contributed by atoms with van der Waals surface area (Å²) in [5, 5.41) is 3.40. The molecule has 6 heteroatoms. The van der Waals surface area contributed by atoms with Crippen LogP contribution in [0.2, 0.25) is 0 Å². The molecular weight excluding hydrogens is 384 g/mol. The summed E-state index contributed by atoms with van der Waals surface area (Å²) in [7, 11) is -3.27. The molecule has 0 saturated heterocycles. The number of pyridine rings is 1. The highest BCUT2D eigenvalue weighted by Gasteiger charge is 2.24. The van der Waals surface area contributed by atoms with Gasteiger partial charge in [-0.2, -0.15) is 4.91 Å². The minimum atomic E-state index is -3.27. The molecule has 0 saturated carbocycles. The van der Waals surface area contributed by atoms with Crippen LogP contribution in [-0.2, 0) is 9.84 Å². The van der Waals surface area contributed by atoms with Crippen molar-refractivity contribution in [3.05, 3.63) is 99.7 Å². The van der Waals surface area contributed by atoms with Gasteiger partial charge in [0, 0.05) is 24.1 Å². The van der Waals surface area contributed by atoms with Crippen LogP contribution in [0.25, 0.3) is 0 Å². The van der Waals surface area contributed by atoms with Crippen LogP contribution < -0.4 is 0 Å². The fourth-order valence-corrected chi connectivity index (χ4v) is 4.24. The smallest absolute Gasteiger partial charge is 0.175 e. The molecule has 1 heterocycles. The summed E-state index contributed by atoms with van der Waals surface area (Å²) >= 11 is 0. The number of hydrogen-bond acceptors (Lipinski definition) is 5. The summed E-state index contributed by atoms with van der Waals surface area (Å²) < 4.78 is 23.6. The van der Waals surface area contributed by atoms with Gasteiger partial charge in [-0.15, -0.1) is 0 Å². The molecule has 2 aromatic carbocycles. The second-order valence-electron chi connectivity index (χ2n) is 7.34. The Hall–Kier alpha value is -2.86. The van der Waals surface area contributed by atoms with E-state index >= 15 is 0 Å². The molecule has 0 N–H and O–H groups in total. The van der Waals surface area contributed by atoms with Crippen LogP contribution in [0, 0.1) is 18.8 Å². The van der Waals surface area contributed by atoms with Gasteiger partial charge in [0.25, 0.3) is 0 Å². The van der Waals surface area contributed by atoms with Crippen molar-refractivity contribution < 1.29 is 8.42 Å². The summed E-state index contributed by atoms with van der Waals surface area (Å²) in [6.07, 6.45) is 3.36. The van der Waals surface area contributed by atoms with Crippen molar-refractivity contribution in [3.63, 3.8) is 0 Å². The maximum Gasteiger partial charge on any atom is 0.175 e. The summed E-state index contributed by atoms with van der Waals surface area (Å²) in [5.74, 6) is -0.0963. The van der Waals surface area contributed by atoms with Gasteiger partial charge in [0.15, 0.2) is 9.84 Å². The van der Waals surface area contributed by atoms with Gasteiger partial charge in [-0.05, 0) is 66.8 Å². The summed E-state index contributed by atoms with van der Waals surface area (Å²) in [5.41, 5.74) is 4.82. The average molecular weight is 409 g/mol. The Bertz CT molecular complexity index is 1110. The van der Waals surface area contributed by atoms with E-state index < -0.39 is 15.9 Å². The van der Waals surface area contributed by atoms with Crippen molar-refractivity contribution in [1.29, 1.82) is 0 Å². The zero-order valence-electron chi connectivity index (χ0n) is 16.7. The lowest BCUT2D eigenvalue weighted by atomic mass is 9.82. The fraction of sp³-hybridized carbons (Fsp3) is 0.261. The molecule has 3 rings (SSSR count). The maximum atomic E-state index is 11.8. The number of hydrogen-bond donors (Lipinski definition) is 0. The van der Waals surface area contributed by atoms with Crippen molar-refractivity contribution in [2.24, 2.45) is 5.18 Å². The minimum absolute atomic E-state index is 0.0963. The largest absolute Gasteiger partial charge is 0.262 e. The minimum Gasteiger partial charge on any atom is -0.262 e. The number of benzene rings is 2. The van der Waals surface area contributed by atoms with Crippen LogP contribution in [0.5, 0.6) is 0 Å². The van der Waals surface area contributed by atoms with E-state index in [-0.39, 0.29) is 10.8 Å². The van der Waals surface area contributed by atoms with Crippen LogP contribution in [-0.4, -0.2) is 19.7 Å². The Balaban J connectivity index is 2.04. The third kappa shape index (κ3) is 4.95. The molecule has 0 bridgehead atoms. The molecule has 29 heavy (non-hydrogen) atoms. The summed E-state index contributed by atoms with van der Waals surface area (Å²) in [4.78, 5) is 16.2. The summed E-state index contributed by atoms with van der Waals surface area (Å²) in [6.45, 7) is 3.92. The van der Waals surface area contributed by atoms with Gasteiger partial charge in [-0.25, -0.2) is 8.42 Å². The third-order valence-electron chi connectivity index (χ3n) is 5.17. The highest BCUT2D eigenvalue weighted by molar-refractivity contribution is 7.90. The number of aromatic nitrogens is 1. The Labute approximate surface area is 171 Å². The molecule has 0 amide bonds. The quantitative estimate of drug-likeness (QED) is 0.508. The second-order valence-corrected chi connectivity index (χ2v) is 9.35. The van der Waals surface area contributed by atoms with Crippen molar-refractivity contribution in [3.8, 4) is 0 Å². The van der Waals surface area contributed by atoms with Gasteiger partial charge >= 0.3 is 0 Å². The van der Waals surface area contributed by atoms with E-state index in [0.717, 1.165) is 27.9 Å². The predicted molar refractivity (Wildman–Crippen MR) is 115 cm³/mol. The normalized spacial score (nSPS) is 13.6. The molecular formula is C23H24N2O3S. The molecule has 150 valence electrons. The topological polar surface area (TPSA) is 76.5 Å². The predicted octanol–water partition coefficient (Wildman–Crippen LogP) is 5.13. The molecule has 0 aliphatic rings. The van der Waals surface area contributed by atoms with Crippen LogP contribution in [0.15, 0.2) is 76.9 Å². The van der Waals surface area contributed by atoms with Crippen molar-refractivity contribution in [1.82, 2.24) is 4.98 Å². The van der Waals surface area contributed by atoms with Gasteiger partial charge in [-0.1, -0.05) is 41.6 Å². The zero-order valence-corrected chi connectivity index (χ0v) is 17.6. The van der Waals surface area contributed by atoms with Crippen LogP contribution in [0.1, 0.15) is 46.3 Å². The second kappa shape index (κ2) is 8.66. The molecule has 2 atom stereocenters. The van der Waals surface area contributed by atoms with Crippen LogP contribution >= 0.6 is 0 Å². The number of sulfone groups is 1. The molecule has 5 nitrogen and oxygen atoms in total. The molecule has 0 fully saturated rings. The van der Waals surface area contributed by atoms with Gasteiger partial charge in [0.1, 0.15) is 6.04 Å². The van der Waals surface area contributed by atoms with Gasteiger partial charge in [-0.3, -0.25) is 4.98 Å². The standard InChI is InChI=1S/C23H24N2O3S/c1-16-6-4-5-7-21(16)22(18-8-10-20(11-9-18)29(3,27)28)15-23(25-26)19-12-13-24-17(2)14-19/h4-14,22-23H,15H2,1-3H3/t22-,23?/m1/s1. The Morgan fingerprint density at radius 2 is 1.66 bits per heavy atom. The van der Waals surface area contributed by atoms with Gasteiger partial charge < -0.3 is 0 Å². The molecule has 1 aromatic heterocycles. The lowest BCUT2D eigenvalue weighted by Crippen LogP contribution is -2.09. The summed E-state index contributed by atoms with van der Waals surface area (Å²) in [6, 6.07) is 18.1. The molecule has 1 unspecified atom stereocenters. The monoisotopic (exact) mass is 408 g/mol. The zero-order chi connectivity index (χ0) is 21.0. The first-order valence-corrected chi connectivity index (χ1v) is 11.3. The molecule has 0 aliphatic heterocycles. The van der Waals surface area contributed by atoms with E-state index in [1.807, 2.05) is 62.4 Å². The fourth-order valence-electron chi connectivity index (χ4n) is 3.61. The number of aryl methyl sites for hydroxylation is 2. The Morgan fingerprint density at radius 3 is 2.24 bits per heavy atom. The van der Waals surface area contributed by atoms with Gasteiger partial charge in [0.2, 0.25) is 0 Å². The Morgan fingerprint density at radius 1 is 0.966 bits per heavy atom. The highest BCUT2D eigenvalue weighted by Crippen LogP contribution is 2.37. The number of nitrogens with zero attached hydrogens (tertiary/aromatic N) is 2. The van der Waals surface area contributed by atoms with Gasteiger partial charge in [0.05, 0.1) is 4.90 Å². The molecule has 0 spiro atoms. The van der Waals surface area contributed by atoms with E-state index in [1.165, 1.54) is 6.26 Å². The first-order valence-electron chi connectivity index (χ1n) is 9.40. The first-order chi connectivity index (χ1) is 13.8. The Kier molecular flexibility index (Phi) is 6.23. The lowest BCUT2D eigenvalue weighted by molar-refractivity contribution is 0.590. The SMILES string of the molecule is Cc1cc(C(C[C@H](c2ccc(S(C)(=O)=O)cc2)c2ccccc2C)N=O)ccn1. The molecule has 0 aliphatic carbocycles. The molecule has 3 aromatic rings. The van der Waals surface area contributed by atoms with E-state index in [1.54, 1.807) is 18.3 Å². The first kappa shape index (κ1) is 20.9. The van der Waals surface area contributed by atoms with Crippen molar-refractivity contribution in [2.75, 3.05) is 6.26 Å². The van der Waals surface area contributed by atoms with Crippen molar-refractivity contribution >= 4 is 9.84 Å². The average Bonchev–Trinajstić information content (AvgIpc) is 2.69. The third-order valence-corrected chi connectivity index (χ3v) is 6.29. The van der Waals surface area contributed by atoms with Crippen LogP contribution in [0.4, 0.5) is 0 Å². The number of nitroso groups, excluding NO2 is 1. The van der Waals surface area contributed by atoms with E-state index in [2.05, 4.69) is 10.2 Å². The number of rotatable bonds is 7. The van der Waals surface area contributed by atoms with E-state index in [0.29, 0.717) is 6.42 Å². The van der Waals surface area contributed by atoms with Crippen LogP contribution in [0.3, 0.4) is 0 Å². The van der Waals surface area contributed by atoms with E-state index in [4.69, 9.17) is 0 Å². The van der Waals surface area contributed by atoms with E-state index in [9.17, 15) is 13.3 Å². The highest BCUT2D eigenvalue weighted by atomic mass is 32.2. The maximum absolute atomic E-state index is 11.8. The lowest BCUT2D eigenvalue weighted by Gasteiger charge is -2.23.